The van der Waals surface area contributed by atoms with Gasteiger partial charge in [0.1, 0.15) is 0 Å². The minimum Gasteiger partial charge on any atom is -0.309 e. The summed E-state index contributed by atoms with van der Waals surface area (Å²) >= 11 is 1.83. The number of hydrogen-bond donors (Lipinski definition) is 1. The van der Waals surface area contributed by atoms with Crippen molar-refractivity contribution in [2.24, 2.45) is 0 Å². The zero-order valence-corrected chi connectivity index (χ0v) is 19.8. The number of thiophene rings is 1. The molecule has 0 radical (unpaired) electrons. The van der Waals surface area contributed by atoms with Gasteiger partial charge in [-0.15, -0.1) is 11.3 Å². The van der Waals surface area contributed by atoms with Gasteiger partial charge in [-0.05, 0) is 47.5 Å². The van der Waals surface area contributed by atoms with Crippen LogP contribution >= 0.6 is 11.3 Å². The van der Waals surface area contributed by atoms with Crippen LogP contribution in [0, 0.1) is 11.3 Å². The molecule has 1 aliphatic rings. The van der Waals surface area contributed by atoms with E-state index in [1.54, 1.807) is 0 Å². The minimum atomic E-state index is 0.661. The Hall–Kier alpha value is -4.17. The van der Waals surface area contributed by atoms with Gasteiger partial charge in [0, 0.05) is 44.2 Å². The van der Waals surface area contributed by atoms with Crippen LogP contribution in [-0.2, 0) is 6.54 Å². The maximum atomic E-state index is 9.76. The molecule has 0 spiro atoms. The van der Waals surface area contributed by atoms with E-state index in [0.29, 0.717) is 5.56 Å². The molecule has 0 saturated heterocycles. The van der Waals surface area contributed by atoms with E-state index in [0.717, 1.165) is 35.4 Å². The van der Waals surface area contributed by atoms with E-state index in [9.17, 15) is 5.26 Å². The van der Waals surface area contributed by atoms with Crippen LogP contribution in [0.3, 0.4) is 0 Å². The summed E-state index contributed by atoms with van der Waals surface area (Å²) in [5.41, 5.74) is 7.61. The Labute approximate surface area is 207 Å². The largest absolute Gasteiger partial charge is 0.309 e. The van der Waals surface area contributed by atoms with Crippen LogP contribution in [0.15, 0.2) is 91.0 Å². The van der Waals surface area contributed by atoms with Gasteiger partial charge in [-0.25, -0.2) is 0 Å². The average molecular weight is 468 g/mol. The molecule has 4 heteroatoms. The second-order valence-corrected chi connectivity index (χ2v) is 9.99. The third-order valence-electron chi connectivity index (χ3n) is 6.92. The third kappa shape index (κ3) is 3.14. The van der Waals surface area contributed by atoms with Crippen LogP contribution in [0.25, 0.3) is 54.0 Å². The van der Waals surface area contributed by atoms with E-state index in [1.807, 2.05) is 23.5 Å². The van der Waals surface area contributed by atoms with E-state index >= 15 is 0 Å². The zero-order chi connectivity index (χ0) is 23.4. The van der Waals surface area contributed by atoms with Crippen LogP contribution in [0.4, 0.5) is 0 Å². The first-order valence-corrected chi connectivity index (χ1v) is 12.6. The second kappa shape index (κ2) is 7.95. The number of fused-ring (bicyclic) bond motifs is 6. The maximum Gasteiger partial charge on any atom is 0.0992 e. The first kappa shape index (κ1) is 20.2. The highest BCUT2D eigenvalue weighted by atomic mass is 32.1. The quantitative estimate of drug-likeness (QED) is 0.284. The van der Waals surface area contributed by atoms with Crippen molar-refractivity contribution in [2.45, 2.75) is 6.54 Å². The maximum absolute atomic E-state index is 9.76. The normalized spacial score (nSPS) is 13.2. The number of nitriles is 1. The Kier molecular flexibility index (Phi) is 4.60. The average Bonchev–Trinajstić information content (AvgIpc) is 3.32. The van der Waals surface area contributed by atoms with E-state index in [-0.39, 0.29) is 0 Å². The molecular formula is C31H21N3S. The molecule has 0 aliphatic carbocycles. The van der Waals surface area contributed by atoms with E-state index < -0.39 is 0 Å². The van der Waals surface area contributed by atoms with Crippen molar-refractivity contribution in [3.8, 4) is 22.9 Å². The van der Waals surface area contributed by atoms with Gasteiger partial charge in [-0.2, -0.15) is 5.26 Å². The van der Waals surface area contributed by atoms with Crippen molar-refractivity contribution in [1.29, 1.82) is 5.26 Å². The zero-order valence-electron chi connectivity index (χ0n) is 19.0. The van der Waals surface area contributed by atoms with Crippen LogP contribution in [-0.4, -0.2) is 11.1 Å². The number of aromatic nitrogens is 1. The predicted octanol–water partition coefficient (Wildman–Crippen LogP) is 7.65. The summed E-state index contributed by atoms with van der Waals surface area (Å²) in [5, 5.41) is 17.1. The smallest absolute Gasteiger partial charge is 0.0992 e. The lowest BCUT2D eigenvalue weighted by molar-refractivity contribution is 0.769. The highest BCUT2D eigenvalue weighted by molar-refractivity contribution is 7.25. The molecule has 0 unspecified atom stereocenters. The van der Waals surface area contributed by atoms with Gasteiger partial charge in [0.25, 0.3) is 0 Å². The lowest BCUT2D eigenvalue weighted by Gasteiger charge is -2.16. The number of hydrogen-bond acceptors (Lipinski definition) is 3. The summed E-state index contributed by atoms with van der Waals surface area (Å²) in [6, 6.07) is 32.3. The van der Waals surface area contributed by atoms with Gasteiger partial charge in [0.2, 0.25) is 0 Å². The predicted molar refractivity (Wildman–Crippen MR) is 147 cm³/mol. The SMILES string of the molecule is N#Cc1ccc(-c2ccc3c(c2)sc2ccccc23)c(-n2c3c(c4ccccc42)CNCC=C3)c1. The van der Waals surface area contributed by atoms with E-state index in [2.05, 4.69) is 101 Å². The number of nitrogens with one attached hydrogen (secondary N) is 1. The fourth-order valence-corrected chi connectivity index (χ4v) is 6.47. The van der Waals surface area contributed by atoms with Crippen LogP contribution < -0.4 is 5.32 Å². The Morgan fingerprint density at radius 1 is 0.829 bits per heavy atom. The molecule has 35 heavy (non-hydrogen) atoms. The Balaban J connectivity index is 1.53. The molecule has 1 N–H and O–H groups in total. The van der Waals surface area contributed by atoms with Crippen molar-refractivity contribution in [1.82, 2.24) is 9.88 Å². The Bertz CT molecular complexity index is 1850. The molecule has 4 aromatic carbocycles. The molecule has 3 heterocycles. The van der Waals surface area contributed by atoms with Crippen LogP contribution in [0.1, 0.15) is 16.8 Å². The summed E-state index contributed by atoms with van der Waals surface area (Å²) in [4.78, 5) is 0. The fraction of sp³-hybridized carbons (Fsp3) is 0.0645. The topological polar surface area (TPSA) is 40.8 Å². The highest BCUT2D eigenvalue weighted by Crippen LogP contribution is 2.40. The van der Waals surface area contributed by atoms with Gasteiger partial charge >= 0.3 is 0 Å². The van der Waals surface area contributed by atoms with Crippen molar-refractivity contribution < 1.29 is 0 Å². The molecule has 3 nitrogen and oxygen atoms in total. The minimum absolute atomic E-state index is 0.661. The van der Waals surface area contributed by atoms with Gasteiger partial charge in [0.15, 0.2) is 0 Å². The van der Waals surface area contributed by atoms with Gasteiger partial charge in [0.05, 0.1) is 28.5 Å². The number of rotatable bonds is 2. The van der Waals surface area contributed by atoms with Gasteiger partial charge in [-0.1, -0.05) is 60.7 Å². The van der Waals surface area contributed by atoms with Crippen LogP contribution in [0.2, 0.25) is 0 Å². The summed E-state index contributed by atoms with van der Waals surface area (Å²) in [6.07, 6.45) is 4.39. The van der Waals surface area contributed by atoms with Crippen molar-refractivity contribution in [2.75, 3.05) is 6.54 Å². The molecule has 0 amide bonds. The molecule has 0 bridgehead atoms. The van der Waals surface area contributed by atoms with E-state index in [4.69, 9.17) is 0 Å². The number of nitrogens with zero attached hydrogens (tertiary/aromatic N) is 2. The van der Waals surface area contributed by atoms with Crippen molar-refractivity contribution >= 4 is 48.5 Å². The first-order chi connectivity index (χ1) is 17.3. The summed E-state index contributed by atoms with van der Waals surface area (Å²) in [7, 11) is 0. The third-order valence-corrected chi connectivity index (χ3v) is 8.05. The lowest BCUT2D eigenvalue weighted by atomic mass is 10.00. The number of para-hydroxylation sites is 1. The molecule has 166 valence electrons. The standard InChI is InChI=1S/C31H21N3S/c32-18-20-11-13-22(21-12-14-25-24-7-2-4-10-30(24)35-31(25)17-21)29(16-20)34-27-8-3-1-6-23(27)26-19-33-15-5-9-28(26)34/h1-14,16-17,33H,15,19H2. The molecule has 0 fully saturated rings. The highest BCUT2D eigenvalue weighted by Gasteiger charge is 2.20. The molecule has 1 aliphatic heterocycles. The molecule has 0 atom stereocenters. The van der Waals surface area contributed by atoms with Gasteiger partial charge < -0.3 is 9.88 Å². The molecule has 6 aromatic rings. The molecule has 7 rings (SSSR count). The Morgan fingerprint density at radius 3 is 2.57 bits per heavy atom. The van der Waals surface area contributed by atoms with Crippen molar-refractivity contribution in [3.05, 3.63) is 108 Å². The Morgan fingerprint density at radius 2 is 1.66 bits per heavy atom. The fourth-order valence-electron chi connectivity index (χ4n) is 5.32. The van der Waals surface area contributed by atoms with Crippen molar-refractivity contribution in [3.63, 3.8) is 0 Å². The summed E-state index contributed by atoms with van der Waals surface area (Å²) in [6.45, 7) is 1.66. The molecular weight excluding hydrogens is 446 g/mol. The lowest BCUT2D eigenvalue weighted by Crippen LogP contribution is -2.11. The summed E-state index contributed by atoms with van der Waals surface area (Å²) < 4.78 is 4.91. The molecule has 0 saturated carbocycles. The van der Waals surface area contributed by atoms with E-state index in [1.165, 1.54) is 36.8 Å². The monoisotopic (exact) mass is 467 g/mol. The first-order valence-electron chi connectivity index (χ1n) is 11.8. The molecule has 2 aromatic heterocycles. The second-order valence-electron chi connectivity index (χ2n) is 8.90. The number of benzene rings is 4. The van der Waals surface area contributed by atoms with Crippen LogP contribution in [0.5, 0.6) is 0 Å². The summed E-state index contributed by atoms with van der Waals surface area (Å²) in [5.74, 6) is 0. The van der Waals surface area contributed by atoms with Gasteiger partial charge in [-0.3, -0.25) is 0 Å².